The van der Waals surface area contributed by atoms with E-state index < -0.39 is 11.7 Å². The van der Waals surface area contributed by atoms with Crippen molar-refractivity contribution in [3.8, 4) is 11.5 Å². The average molecular weight is 380 g/mol. The first-order valence-corrected chi connectivity index (χ1v) is 8.42. The van der Waals surface area contributed by atoms with Crippen LogP contribution in [0.3, 0.4) is 0 Å². The van der Waals surface area contributed by atoms with E-state index in [1.807, 2.05) is 14.0 Å². The van der Waals surface area contributed by atoms with Gasteiger partial charge in [0.15, 0.2) is 17.3 Å². The Hall–Kier alpha value is -3.88. The molecule has 9 heteroatoms. The number of fused-ring (bicyclic) bond motifs is 1. The topological polar surface area (TPSA) is 99.5 Å². The molecule has 142 valence electrons. The summed E-state index contributed by atoms with van der Waals surface area (Å²) in [5.74, 6) is -1.02. The van der Waals surface area contributed by atoms with Crippen LogP contribution in [0, 0.1) is 12.7 Å². The van der Waals surface area contributed by atoms with Crippen LogP contribution in [0.25, 0.3) is 5.52 Å². The Morgan fingerprint density at radius 2 is 2.04 bits per heavy atom. The zero-order valence-corrected chi connectivity index (χ0v) is 15.2. The summed E-state index contributed by atoms with van der Waals surface area (Å²) in [5.41, 5.74) is 8.39. The number of ether oxygens (including phenoxy) is 1. The van der Waals surface area contributed by atoms with Crippen molar-refractivity contribution >= 4 is 22.8 Å². The van der Waals surface area contributed by atoms with Gasteiger partial charge in [0.1, 0.15) is 5.52 Å². The van der Waals surface area contributed by atoms with Crippen molar-refractivity contribution in [1.29, 1.82) is 0 Å². The van der Waals surface area contributed by atoms with Crippen LogP contribution in [0.15, 0.2) is 48.9 Å². The van der Waals surface area contributed by atoms with Crippen LogP contribution < -0.4 is 15.8 Å². The number of primary amides is 1. The molecule has 3 aromatic heterocycles. The van der Waals surface area contributed by atoms with Crippen LogP contribution in [0.4, 0.5) is 15.8 Å². The molecule has 0 aliphatic heterocycles. The van der Waals surface area contributed by atoms with Crippen molar-refractivity contribution in [3.63, 3.8) is 0 Å². The highest BCUT2D eigenvalue weighted by atomic mass is 19.1. The van der Waals surface area contributed by atoms with E-state index in [0.717, 1.165) is 17.4 Å². The van der Waals surface area contributed by atoms with Gasteiger partial charge < -0.3 is 15.8 Å². The van der Waals surface area contributed by atoms with E-state index in [4.69, 9.17) is 10.5 Å². The summed E-state index contributed by atoms with van der Waals surface area (Å²) < 4.78 is 23.5. The molecule has 3 heterocycles. The van der Waals surface area contributed by atoms with Crippen LogP contribution in [-0.2, 0) is 7.05 Å². The molecule has 28 heavy (non-hydrogen) atoms. The lowest BCUT2D eigenvalue weighted by Gasteiger charge is -2.12. The second kappa shape index (κ2) is 6.69. The molecule has 0 saturated heterocycles. The molecule has 0 saturated carbocycles. The first-order chi connectivity index (χ1) is 13.4. The van der Waals surface area contributed by atoms with Gasteiger partial charge in [-0.25, -0.2) is 8.91 Å². The Morgan fingerprint density at radius 1 is 1.21 bits per heavy atom. The number of hydrogen-bond donors (Lipinski definition) is 2. The fraction of sp³-hybridized carbons (Fsp3) is 0.105. The molecule has 0 aliphatic carbocycles. The molecule has 4 rings (SSSR count). The van der Waals surface area contributed by atoms with Gasteiger partial charge in [0.25, 0.3) is 0 Å². The number of rotatable bonds is 5. The lowest BCUT2D eigenvalue weighted by atomic mass is 10.2. The van der Waals surface area contributed by atoms with E-state index in [1.54, 1.807) is 39.9 Å². The Balaban J connectivity index is 1.71. The summed E-state index contributed by atoms with van der Waals surface area (Å²) in [6, 6.07) is 7.32. The van der Waals surface area contributed by atoms with Gasteiger partial charge in [-0.3, -0.25) is 9.48 Å². The third-order valence-corrected chi connectivity index (χ3v) is 4.42. The molecule has 0 aliphatic rings. The van der Waals surface area contributed by atoms with Crippen LogP contribution in [0.5, 0.6) is 11.5 Å². The molecule has 3 N–H and O–H groups in total. The third kappa shape index (κ3) is 3.13. The minimum atomic E-state index is -0.707. The maximum absolute atomic E-state index is 14.3. The van der Waals surface area contributed by atoms with Gasteiger partial charge >= 0.3 is 0 Å². The normalized spacial score (nSPS) is 11.0. The number of benzene rings is 1. The largest absolute Gasteiger partial charge is 0.452 e. The first-order valence-electron chi connectivity index (χ1n) is 8.42. The summed E-state index contributed by atoms with van der Waals surface area (Å²) >= 11 is 0. The molecule has 1 amide bonds. The van der Waals surface area contributed by atoms with Gasteiger partial charge in [-0.05, 0) is 31.2 Å². The number of amides is 1. The van der Waals surface area contributed by atoms with Gasteiger partial charge in [-0.2, -0.15) is 10.2 Å². The lowest BCUT2D eigenvalue weighted by Crippen LogP contribution is -2.11. The van der Waals surface area contributed by atoms with E-state index in [1.165, 1.54) is 12.1 Å². The summed E-state index contributed by atoms with van der Waals surface area (Å²) in [6.07, 6.45) is 5.13. The molecular formula is C19H17FN6O2. The maximum atomic E-state index is 14.3. The van der Waals surface area contributed by atoms with Crippen LogP contribution in [0.2, 0.25) is 0 Å². The quantitative estimate of drug-likeness (QED) is 0.554. The van der Waals surface area contributed by atoms with E-state index in [2.05, 4.69) is 15.5 Å². The minimum absolute atomic E-state index is 0.0252. The number of halogens is 1. The number of carbonyl (C=O) groups excluding carboxylic acids is 1. The molecule has 8 nitrogen and oxygen atoms in total. The highest BCUT2D eigenvalue weighted by molar-refractivity contribution is 5.92. The smallest absolute Gasteiger partial charge is 0.248 e. The van der Waals surface area contributed by atoms with Crippen LogP contribution in [-0.4, -0.2) is 25.3 Å². The number of hydrogen-bond acceptors (Lipinski definition) is 5. The lowest BCUT2D eigenvalue weighted by molar-refractivity contribution is 0.1000. The van der Waals surface area contributed by atoms with E-state index >= 15 is 0 Å². The van der Waals surface area contributed by atoms with Crippen LogP contribution in [0.1, 0.15) is 16.1 Å². The number of aromatic nitrogens is 4. The second-order valence-electron chi connectivity index (χ2n) is 6.26. The first kappa shape index (κ1) is 17.5. The molecular weight excluding hydrogens is 363 g/mol. The Morgan fingerprint density at radius 3 is 2.71 bits per heavy atom. The fourth-order valence-electron chi connectivity index (χ4n) is 2.78. The van der Waals surface area contributed by atoms with Gasteiger partial charge in [0, 0.05) is 18.7 Å². The van der Waals surface area contributed by atoms with Crippen molar-refractivity contribution in [2.45, 2.75) is 6.92 Å². The van der Waals surface area contributed by atoms with Gasteiger partial charge in [0.05, 0.1) is 35.7 Å². The molecule has 0 fully saturated rings. The SMILES string of the molecule is Cc1c(Nc2cc(Oc3ccc(C(N)=O)cc3F)c3ccnn3c2)cnn1C. The number of carbonyl (C=O) groups is 1. The van der Waals surface area contributed by atoms with Crippen molar-refractivity contribution in [2.24, 2.45) is 12.8 Å². The molecule has 0 radical (unpaired) electrons. The molecule has 0 spiro atoms. The standard InChI is InChI=1S/C19H17FN6O2/c1-11-15(9-23-25(11)2)24-13-8-18(16-5-6-22-26(16)10-13)28-17-4-3-12(19(21)27)7-14(17)20/h3-10,24H,1-2H3,(H2,21,27). The minimum Gasteiger partial charge on any atom is -0.452 e. The Bertz CT molecular complexity index is 1200. The predicted octanol–water partition coefficient (Wildman–Crippen LogP) is 3.15. The zero-order chi connectivity index (χ0) is 19.8. The predicted molar refractivity (Wildman–Crippen MR) is 101 cm³/mol. The number of nitrogens with one attached hydrogen (secondary N) is 1. The average Bonchev–Trinajstić information content (AvgIpc) is 3.25. The van der Waals surface area contributed by atoms with Gasteiger partial charge in [-0.1, -0.05) is 0 Å². The van der Waals surface area contributed by atoms with E-state index in [9.17, 15) is 9.18 Å². The number of nitrogens with two attached hydrogens (primary N) is 1. The summed E-state index contributed by atoms with van der Waals surface area (Å²) in [5, 5.41) is 11.7. The monoisotopic (exact) mass is 380 g/mol. The van der Waals surface area contributed by atoms with Crippen LogP contribution >= 0.6 is 0 Å². The van der Waals surface area contributed by atoms with Crippen molar-refractivity contribution in [3.05, 3.63) is 66.0 Å². The van der Waals surface area contributed by atoms with E-state index in [0.29, 0.717) is 17.0 Å². The highest BCUT2D eigenvalue weighted by Gasteiger charge is 2.13. The number of pyridine rings is 1. The van der Waals surface area contributed by atoms with Gasteiger partial charge in [-0.15, -0.1) is 0 Å². The second-order valence-corrected chi connectivity index (χ2v) is 6.26. The fourth-order valence-corrected chi connectivity index (χ4v) is 2.78. The molecule has 1 aromatic carbocycles. The summed E-state index contributed by atoms with van der Waals surface area (Å²) in [7, 11) is 1.85. The number of nitrogens with zero attached hydrogens (tertiary/aromatic N) is 4. The van der Waals surface area contributed by atoms with Crippen molar-refractivity contribution in [1.82, 2.24) is 19.4 Å². The van der Waals surface area contributed by atoms with E-state index in [-0.39, 0.29) is 11.3 Å². The zero-order valence-electron chi connectivity index (χ0n) is 15.2. The van der Waals surface area contributed by atoms with Crippen molar-refractivity contribution in [2.75, 3.05) is 5.32 Å². The third-order valence-electron chi connectivity index (χ3n) is 4.42. The molecule has 4 aromatic rings. The molecule has 0 unspecified atom stereocenters. The summed E-state index contributed by atoms with van der Waals surface area (Å²) in [6.45, 7) is 1.94. The Labute approximate surface area is 159 Å². The molecule has 0 atom stereocenters. The molecule has 0 bridgehead atoms. The maximum Gasteiger partial charge on any atom is 0.248 e. The van der Waals surface area contributed by atoms with Crippen molar-refractivity contribution < 1.29 is 13.9 Å². The Kier molecular flexibility index (Phi) is 4.19. The number of anilines is 2. The van der Waals surface area contributed by atoms with Gasteiger partial charge in [0.2, 0.25) is 5.91 Å². The highest BCUT2D eigenvalue weighted by Crippen LogP contribution is 2.32. The number of aryl methyl sites for hydroxylation is 1. The summed E-state index contributed by atoms with van der Waals surface area (Å²) in [4.78, 5) is 11.2.